The SMILES string of the molecule is Fc1ccccc1N1CCC2(CCNCC2)CC1. The van der Waals surface area contributed by atoms with Crippen LogP contribution in [0, 0.1) is 11.2 Å². The Bertz CT molecular complexity index is 403. The van der Waals surface area contributed by atoms with Gasteiger partial charge in [0, 0.05) is 13.1 Å². The van der Waals surface area contributed by atoms with Gasteiger partial charge in [-0.1, -0.05) is 12.1 Å². The van der Waals surface area contributed by atoms with Crippen molar-refractivity contribution in [3.05, 3.63) is 30.1 Å². The zero-order valence-electron chi connectivity index (χ0n) is 10.8. The fraction of sp³-hybridized carbons (Fsp3) is 0.600. The number of hydrogen-bond acceptors (Lipinski definition) is 2. The monoisotopic (exact) mass is 248 g/mol. The van der Waals surface area contributed by atoms with Gasteiger partial charge in [0.05, 0.1) is 5.69 Å². The highest BCUT2D eigenvalue weighted by Gasteiger charge is 2.35. The topological polar surface area (TPSA) is 15.3 Å². The van der Waals surface area contributed by atoms with E-state index in [1.165, 1.54) is 25.7 Å². The van der Waals surface area contributed by atoms with Crippen LogP contribution in [0.25, 0.3) is 0 Å². The van der Waals surface area contributed by atoms with Gasteiger partial charge in [-0.3, -0.25) is 0 Å². The third-order valence-corrected chi connectivity index (χ3v) is 4.68. The Labute approximate surface area is 108 Å². The molecule has 0 amide bonds. The quantitative estimate of drug-likeness (QED) is 0.822. The van der Waals surface area contributed by atoms with E-state index >= 15 is 0 Å². The molecule has 1 aromatic carbocycles. The lowest BCUT2D eigenvalue weighted by atomic mass is 9.71. The van der Waals surface area contributed by atoms with E-state index in [-0.39, 0.29) is 5.82 Å². The highest BCUT2D eigenvalue weighted by Crippen LogP contribution is 2.40. The van der Waals surface area contributed by atoms with Crippen molar-refractivity contribution in [2.45, 2.75) is 25.7 Å². The van der Waals surface area contributed by atoms with Gasteiger partial charge in [0.25, 0.3) is 0 Å². The third-order valence-electron chi connectivity index (χ3n) is 4.68. The lowest BCUT2D eigenvalue weighted by molar-refractivity contribution is 0.154. The summed E-state index contributed by atoms with van der Waals surface area (Å²) in [5.41, 5.74) is 1.31. The van der Waals surface area contributed by atoms with Crippen molar-refractivity contribution in [2.75, 3.05) is 31.1 Å². The maximum absolute atomic E-state index is 13.8. The van der Waals surface area contributed by atoms with Gasteiger partial charge >= 0.3 is 0 Å². The molecule has 0 aliphatic carbocycles. The van der Waals surface area contributed by atoms with E-state index in [0.29, 0.717) is 5.41 Å². The Morgan fingerprint density at radius 3 is 2.33 bits per heavy atom. The summed E-state index contributed by atoms with van der Waals surface area (Å²) in [5, 5.41) is 3.43. The first-order chi connectivity index (χ1) is 8.79. The number of benzene rings is 1. The fourth-order valence-electron chi connectivity index (χ4n) is 3.39. The molecule has 0 aromatic heterocycles. The molecule has 1 spiro atoms. The van der Waals surface area contributed by atoms with E-state index in [2.05, 4.69) is 10.2 Å². The number of para-hydroxylation sites is 1. The van der Waals surface area contributed by atoms with E-state index < -0.39 is 0 Å². The molecular weight excluding hydrogens is 227 g/mol. The summed E-state index contributed by atoms with van der Waals surface area (Å²) in [6.07, 6.45) is 5.00. The second kappa shape index (κ2) is 4.88. The highest BCUT2D eigenvalue weighted by molar-refractivity contribution is 5.48. The molecule has 98 valence electrons. The summed E-state index contributed by atoms with van der Waals surface area (Å²) in [7, 11) is 0. The smallest absolute Gasteiger partial charge is 0.146 e. The van der Waals surface area contributed by atoms with Crippen LogP contribution in [0.5, 0.6) is 0 Å². The molecule has 0 bridgehead atoms. The summed E-state index contributed by atoms with van der Waals surface area (Å²) in [5.74, 6) is -0.0845. The van der Waals surface area contributed by atoms with Crippen LogP contribution in [0.3, 0.4) is 0 Å². The molecule has 2 aliphatic heterocycles. The molecule has 0 saturated carbocycles. The number of piperidine rings is 2. The number of nitrogens with one attached hydrogen (secondary N) is 1. The second-order valence-electron chi connectivity index (χ2n) is 5.69. The maximum Gasteiger partial charge on any atom is 0.146 e. The molecule has 2 aliphatic rings. The number of halogens is 1. The molecule has 2 saturated heterocycles. The molecular formula is C15H21FN2. The van der Waals surface area contributed by atoms with Crippen LogP contribution in [0.2, 0.25) is 0 Å². The van der Waals surface area contributed by atoms with E-state index in [0.717, 1.165) is 31.9 Å². The molecule has 1 N–H and O–H groups in total. The summed E-state index contributed by atoms with van der Waals surface area (Å²) >= 11 is 0. The molecule has 2 fully saturated rings. The van der Waals surface area contributed by atoms with E-state index in [9.17, 15) is 4.39 Å². The first-order valence-electron chi connectivity index (χ1n) is 6.99. The van der Waals surface area contributed by atoms with Gasteiger partial charge in [-0.05, 0) is 56.3 Å². The molecule has 0 radical (unpaired) electrons. The van der Waals surface area contributed by atoms with Crippen molar-refractivity contribution >= 4 is 5.69 Å². The zero-order valence-corrected chi connectivity index (χ0v) is 10.8. The van der Waals surface area contributed by atoms with Gasteiger partial charge < -0.3 is 10.2 Å². The normalized spacial score (nSPS) is 23.3. The van der Waals surface area contributed by atoms with Crippen molar-refractivity contribution in [3.8, 4) is 0 Å². The van der Waals surface area contributed by atoms with Gasteiger partial charge in [0.1, 0.15) is 5.82 Å². The number of nitrogens with zero attached hydrogens (tertiary/aromatic N) is 1. The number of rotatable bonds is 1. The van der Waals surface area contributed by atoms with Crippen LogP contribution in [-0.2, 0) is 0 Å². The zero-order chi connectivity index (χ0) is 12.4. The Kier molecular flexibility index (Phi) is 3.25. The summed E-state index contributed by atoms with van der Waals surface area (Å²) in [4.78, 5) is 2.21. The van der Waals surface area contributed by atoms with Gasteiger partial charge in [0.2, 0.25) is 0 Å². The largest absolute Gasteiger partial charge is 0.369 e. The Morgan fingerprint density at radius 2 is 1.67 bits per heavy atom. The summed E-state index contributed by atoms with van der Waals surface area (Å²) in [6.45, 7) is 4.31. The lowest BCUT2D eigenvalue weighted by Gasteiger charge is -2.45. The fourth-order valence-corrected chi connectivity index (χ4v) is 3.39. The predicted molar refractivity (Wildman–Crippen MR) is 72.4 cm³/mol. The molecule has 2 heterocycles. The molecule has 18 heavy (non-hydrogen) atoms. The van der Waals surface area contributed by atoms with Crippen LogP contribution in [-0.4, -0.2) is 26.2 Å². The Morgan fingerprint density at radius 1 is 1.00 bits per heavy atom. The predicted octanol–water partition coefficient (Wildman–Crippen LogP) is 2.80. The van der Waals surface area contributed by atoms with Crippen molar-refractivity contribution in [1.29, 1.82) is 0 Å². The molecule has 2 nitrogen and oxygen atoms in total. The second-order valence-corrected chi connectivity index (χ2v) is 5.69. The van der Waals surface area contributed by atoms with Crippen molar-refractivity contribution in [1.82, 2.24) is 5.32 Å². The Hall–Kier alpha value is -1.09. The van der Waals surface area contributed by atoms with Gasteiger partial charge in [0.15, 0.2) is 0 Å². The standard InChI is InChI=1S/C15H21FN2/c16-13-3-1-2-4-14(13)18-11-7-15(8-12-18)5-9-17-10-6-15/h1-4,17H,5-12H2. The van der Waals surface area contributed by atoms with Crippen LogP contribution in [0.15, 0.2) is 24.3 Å². The summed E-state index contributed by atoms with van der Waals surface area (Å²) < 4.78 is 13.8. The maximum atomic E-state index is 13.8. The number of anilines is 1. The molecule has 0 atom stereocenters. The first-order valence-corrected chi connectivity index (χ1v) is 6.99. The van der Waals surface area contributed by atoms with Crippen LogP contribution in [0.1, 0.15) is 25.7 Å². The average molecular weight is 248 g/mol. The van der Waals surface area contributed by atoms with Gasteiger partial charge in [-0.2, -0.15) is 0 Å². The van der Waals surface area contributed by atoms with Crippen LogP contribution in [0.4, 0.5) is 10.1 Å². The molecule has 1 aromatic rings. The van der Waals surface area contributed by atoms with Gasteiger partial charge in [-0.15, -0.1) is 0 Å². The number of hydrogen-bond donors (Lipinski definition) is 1. The minimum Gasteiger partial charge on any atom is -0.369 e. The van der Waals surface area contributed by atoms with Crippen LogP contribution < -0.4 is 10.2 Å². The van der Waals surface area contributed by atoms with Crippen molar-refractivity contribution in [2.24, 2.45) is 5.41 Å². The van der Waals surface area contributed by atoms with Crippen molar-refractivity contribution < 1.29 is 4.39 Å². The molecule has 3 rings (SSSR count). The lowest BCUT2D eigenvalue weighted by Crippen LogP contribution is -2.45. The van der Waals surface area contributed by atoms with Gasteiger partial charge in [-0.25, -0.2) is 4.39 Å². The minimum atomic E-state index is -0.0845. The van der Waals surface area contributed by atoms with E-state index in [4.69, 9.17) is 0 Å². The summed E-state index contributed by atoms with van der Waals surface area (Å²) in [6, 6.07) is 7.14. The van der Waals surface area contributed by atoms with E-state index in [1.54, 1.807) is 12.1 Å². The first kappa shape index (κ1) is 12.0. The van der Waals surface area contributed by atoms with Crippen molar-refractivity contribution in [3.63, 3.8) is 0 Å². The third kappa shape index (κ3) is 2.24. The Balaban J connectivity index is 1.68. The van der Waals surface area contributed by atoms with E-state index in [1.807, 2.05) is 12.1 Å². The van der Waals surface area contributed by atoms with Crippen LogP contribution >= 0.6 is 0 Å². The molecule has 0 unspecified atom stereocenters. The average Bonchev–Trinajstić information content (AvgIpc) is 2.42. The molecule has 3 heteroatoms. The minimum absolute atomic E-state index is 0.0845. The highest BCUT2D eigenvalue weighted by atomic mass is 19.1.